The molecule has 3 aromatic carbocycles. The van der Waals surface area contributed by atoms with Crippen molar-refractivity contribution in [1.29, 1.82) is 0 Å². The molecule has 1 aliphatic rings. The van der Waals surface area contributed by atoms with Gasteiger partial charge in [-0.25, -0.2) is 0 Å². The monoisotopic (exact) mass is 497 g/mol. The van der Waals surface area contributed by atoms with Crippen molar-refractivity contribution in [3.05, 3.63) is 78.7 Å². The first-order chi connectivity index (χ1) is 17.0. The Bertz CT molecular complexity index is 1240. The fourth-order valence-electron chi connectivity index (χ4n) is 4.58. The van der Waals surface area contributed by atoms with Crippen molar-refractivity contribution in [2.24, 2.45) is 0 Å². The minimum atomic E-state index is -0.663. The summed E-state index contributed by atoms with van der Waals surface area (Å²) < 4.78 is 18.5. The van der Waals surface area contributed by atoms with Crippen LogP contribution in [0.2, 0.25) is 0 Å². The summed E-state index contributed by atoms with van der Waals surface area (Å²) in [4.78, 5) is 0. The van der Waals surface area contributed by atoms with Gasteiger partial charge in [-0.15, -0.1) is 0 Å². The number of ether oxygens (including phenoxy) is 1. The zero-order valence-electron chi connectivity index (χ0n) is 24.3. The molecule has 1 atom stereocenters. The topological polar surface area (TPSA) is 27.7 Å². The lowest BCUT2D eigenvalue weighted by Crippen LogP contribution is -2.42. The maximum absolute atomic E-state index is 6.43. The van der Waals surface area contributed by atoms with Crippen LogP contribution in [0.3, 0.4) is 0 Å². The van der Waals surface area contributed by atoms with E-state index < -0.39 is 18.3 Å². The van der Waals surface area contributed by atoms with Gasteiger partial charge in [0.05, 0.1) is 14.0 Å². The molecule has 0 aromatic heterocycles. The van der Waals surface area contributed by atoms with Crippen LogP contribution < -0.4 is 10.2 Å². The Morgan fingerprint density at radius 1 is 0.730 bits per heavy atom. The molecule has 1 fully saturated rings. The molecule has 0 aliphatic carbocycles. The zero-order chi connectivity index (χ0) is 27.4. The van der Waals surface area contributed by atoms with Crippen LogP contribution in [0.25, 0.3) is 22.3 Å². The van der Waals surface area contributed by atoms with Gasteiger partial charge < -0.3 is 14.0 Å². The van der Waals surface area contributed by atoms with Crippen LogP contribution in [-0.4, -0.2) is 25.4 Å². The molecule has 1 saturated heterocycles. The van der Waals surface area contributed by atoms with Gasteiger partial charge in [0.1, 0.15) is 11.4 Å². The van der Waals surface area contributed by atoms with Crippen LogP contribution >= 0.6 is 0 Å². The maximum atomic E-state index is 6.43. The van der Waals surface area contributed by atoms with Crippen molar-refractivity contribution in [2.75, 3.05) is 7.11 Å². The fraction of sp³-hybridized carbons (Fsp3) is 0.424. The van der Waals surface area contributed by atoms with E-state index >= 15 is 0 Å². The molecule has 0 bridgehead atoms. The van der Waals surface area contributed by atoms with Crippen LogP contribution in [0.5, 0.6) is 5.75 Å². The Kier molecular flexibility index (Phi) is 6.84. The highest BCUT2D eigenvalue weighted by atomic mass is 16.7. The summed E-state index contributed by atoms with van der Waals surface area (Å²) in [6.45, 7) is 24.0. The van der Waals surface area contributed by atoms with Crippen molar-refractivity contribution in [3.8, 4) is 28.0 Å². The summed E-state index contributed by atoms with van der Waals surface area (Å²) in [6, 6.07) is 21.7. The van der Waals surface area contributed by atoms with Gasteiger partial charge >= 0.3 is 7.12 Å². The van der Waals surface area contributed by atoms with Gasteiger partial charge in [0.25, 0.3) is 0 Å². The third kappa shape index (κ3) is 5.47. The maximum Gasteiger partial charge on any atom is 0.498 e. The highest BCUT2D eigenvalue weighted by Gasteiger charge is 2.57. The van der Waals surface area contributed by atoms with Gasteiger partial charge in [-0.1, -0.05) is 90.1 Å². The first-order valence-electron chi connectivity index (χ1n) is 13.2. The van der Waals surface area contributed by atoms with E-state index in [9.17, 15) is 0 Å². The third-order valence-corrected chi connectivity index (χ3v) is 7.69. The molecule has 1 unspecified atom stereocenters. The number of benzene rings is 3. The molecule has 0 amide bonds. The minimum Gasteiger partial charge on any atom is -0.496 e. The van der Waals surface area contributed by atoms with Crippen LogP contribution in [0.15, 0.2) is 60.7 Å². The lowest BCUT2D eigenvalue weighted by molar-refractivity contribution is 0.0262. The second-order valence-corrected chi connectivity index (χ2v) is 13.2. The fourth-order valence-corrected chi connectivity index (χ4v) is 4.58. The zero-order valence-corrected chi connectivity index (χ0v) is 24.3. The van der Waals surface area contributed by atoms with Crippen LogP contribution in [0, 0.1) is 6.92 Å². The number of methoxy groups -OCH3 is 1. The summed E-state index contributed by atoms with van der Waals surface area (Å²) in [7, 11) is 1.20. The Morgan fingerprint density at radius 3 is 1.78 bits per heavy atom. The SMILES string of the molecule is [CH2+]C1(C)OB(c2cc(-c3cc(C(C)(C)C)cc(C(C)(C)C)c3)cc(-c3ccccc3OC)c2)OC1(C)C. The Balaban J connectivity index is 1.96. The van der Waals surface area contributed by atoms with Crippen molar-refractivity contribution in [2.45, 2.75) is 84.3 Å². The molecule has 0 radical (unpaired) electrons. The van der Waals surface area contributed by atoms with Crippen molar-refractivity contribution in [1.82, 2.24) is 0 Å². The molecular weight excluding hydrogens is 455 g/mol. The van der Waals surface area contributed by atoms with Crippen molar-refractivity contribution < 1.29 is 14.0 Å². The quantitative estimate of drug-likeness (QED) is 0.273. The van der Waals surface area contributed by atoms with E-state index in [0.29, 0.717) is 0 Å². The first-order valence-corrected chi connectivity index (χ1v) is 13.2. The van der Waals surface area contributed by atoms with Gasteiger partial charge in [0, 0.05) is 12.5 Å². The van der Waals surface area contributed by atoms with Gasteiger partial charge in [0.2, 0.25) is 5.60 Å². The van der Waals surface area contributed by atoms with Gasteiger partial charge in [-0.05, 0) is 70.1 Å². The average molecular weight is 498 g/mol. The molecule has 3 aromatic rings. The van der Waals surface area contributed by atoms with Gasteiger partial charge in [0.15, 0.2) is 0 Å². The van der Waals surface area contributed by atoms with E-state index in [1.165, 1.54) is 16.7 Å². The van der Waals surface area contributed by atoms with Gasteiger partial charge in [-0.2, -0.15) is 0 Å². The lowest BCUT2D eigenvalue weighted by atomic mass is 9.75. The van der Waals surface area contributed by atoms with E-state index in [0.717, 1.165) is 27.9 Å². The second kappa shape index (κ2) is 9.25. The number of rotatable bonds is 4. The Morgan fingerprint density at radius 2 is 1.27 bits per heavy atom. The first kappa shape index (κ1) is 27.4. The minimum absolute atomic E-state index is 0.0243. The molecule has 4 rings (SSSR count). The lowest BCUT2D eigenvalue weighted by Gasteiger charge is -2.26. The summed E-state index contributed by atoms with van der Waals surface area (Å²) in [6.07, 6.45) is 0. The molecule has 0 saturated carbocycles. The van der Waals surface area contributed by atoms with E-state index in [4.69, 9.17) is 14.0 Å². The number of para-hydroxylation sites is 1. The molecule has 37 heavy (non-hydrogen) atoms. The Labute approximate surface area is 224 Å². The highest BCUT2D eigenvalue weighted by Crippen LogP contribution is 2.39. The molecule has 0 spiro atoms. The van der Waals surface area contributed by atoms with Gasteiger partial charge in [-0.3, -0.25) is 0 Å². The van der Waals surface area contributed by atoms with Crippen LogP contribution in [-0.2, 0) is 20.1 Å². The van der Waals surface area contributed by atoms with E-state index in [2.05, 4.69) is 90.9 Å². The predicted molar refractivity (Wildman–Crippen MR) is 157 cm³/mol. The molecule has 3 nitrogen and oxygen atoms in total. The summed E-state index contributed by atoms with van der Waals surface area (Å²) in [5.41, 5.74) is 6.87. The van der Waals surface area contributed by atoms with Crippen molar-refractivity contribution >= 4 is 12.6 Å². The standard InChI is InChI=1S/C33H42BO3/c1-30(2,3)25-17-23(18-26(21-25)31(4,5)6)22-16-24(28-14-12-13-15-29(28)35-11)20-27(19-22)34-36-32(7,8)33(9,10)37-34/h12-21H,7H2,1-6,8-11H3/q+1. The van der Waals surface area contributed by atoms with E-state index in [1.54, 1.807) is 7.11 Å². The number of hydrogen-bond donors (Lipinski definition) is 0. The van der Waals surface area contributed by atoms with Crippen LogP contribution in [0.1, 0.15) is 73.4 Å². The van der Waals surface area contributed by atoms with Crippen LogP contribution in [0.4, 0.5) is 0 Å². The Hall–Kier alpha value is -2.69. The van der Waals surface area contributed by atoms with Crippen molar-refractivity contribution in [3.63, 3.8) is 0 Å². The van der Waals surface area contributed by atoms with E-state index in [1.807, 2.05) is 39.0 Å². The summed E-state index contributed by atoms with van der Waals surface area (Å²) in [5, 5.41) is 0. The molecule has 4 heteroatoms. The normalized spacial score (nSPS) is 19.8. The highest BCUT2D eigenvalue weighted by molar-refractivity contribution is 6.62. The average Bonchev–Trinajstić information content (AvgIpc) is 3.04. The molecule has 0 N–H and O–H groups in total. The number of hydrogen-bond acceptors (Lipinski definition) is 3. The third-order valence-electron chi connectivity index (χ3n) is 7.69. The molecule has 1 heterocycles. The largest absolute Gasteiger partial charge is 0.498 e. The predicted octanol–water partition coefficient (Wildman–Crippen LogP) is 7.74. The molecule has 1 aliphatic heterocycles. The summed E-state index contributed by atoms with van der Waals surface area (Å²) in [5.74, 6) is 0.833. The van der Waals surface area contributed by atoms with E-state index in [-0.39, 0.29) is 10.8 Å². The molecule has 194 valence electrons. The molecular formula is C33H42BO3+. The smallest absolute Gasteiger partial charge is 0.496 e. The summed E-state index contributed by atoms with van der Waals surface area (Å²) >= 11 is 0. The second-order valence-electron chi connectivity index (χ2n) is 13.2.